The third kappa shape index (κ3) is 3.62. The number of thiazole rings is 1. The summed E-state index contributed by atoms with van der Waals surface area (Å²) in [5.41, 5.74) is 0.924. The number of aromatic nitrogens is 3. The van der Waals surface area contributed by atoms with E-state index in [9.17, 15) is 14.6 Å². The molecule has 1 saturated heterocycles. The lowest BCUT2D eigenvalue weighted by molar-refractivity contribution is 0.0945. The van der Waals surface area contributed by atoms with E-state index in [4.69, 9.17) is 0 Å². The Labute approximate surface area is 166 Å². The van der Waals surface area contributed by atoms with Gasteiger partial charge in [0.2, 0.25) is 10.8 Å². The van der Waals surface area contributed by atoms with Crippen molar-refractivity contribution in [2.75, 3.05) is 39.3 Å². The minimum Gasteiger partial charge on any atom is -0.492 e. The first kappa shape index (κ1) is 19.3. The van der Waals surface area contributed by atoms with Crippen LogP contribution in [0, 0.1) is 5.82 Å². The lowest BCUT2D eigenvalue weighted by Crippen LogP contribution is -2.48. The number of aromatic hydroxyl groups is 1. The predicted molar refractivity (Wildman–Crippen MR) is 105 cm³/mol. The zero-order chi connectivity index (χ0) is 19.7. The molecule has 9 heteroatoms. The van der Waals surface area contributed by atoms with E-state index >= 15 is 0 Å². The summed E-state index contributed by atoms with van der Waals surface area (Å²) in [4.78, 5) is 10.4. The lowest BCUT2D eigenvalue weighted by atomic mass is 10.0. The van der Waals surface area contributed by atoms with Crippen LogP contribution in [0.2, 0.25) is 0 Å². The van der Waals surface area contributed by atoms with Crippen LogP contribution in [0.5, 0.6) is 5.88 Å². The van der Waals surface area contributed by atoms with Crippen molar-refractivity contribution in [3.05, 3.63) is 46.3 Å². The van der Waals surface area contributed by atoms with Gasteiger partial charge in [-0.05, 0) is 17.7 Å². The molecule has 7 nitrogen and oxygen atoms in total. The molecule has 0 bridgehead atoms. The number of piperazine rings is 1. The number of hydrogen-bond donors (Lipinski definition) is 2. The molecule has 4 rings (SSSR count). The highest BCUT2D eigenvalue weighted by Crippen LogP contribution is 2.40. The Balaban J connectivity index is 1.70. The fraction of sp³-hybridized carbons (Fsp3) is 0.474. The summed E-state index contributed by atoms with van der Waals surface area (Å²) in [6, 6.07) is 6.25. The number of β-amino-alcohol motifs (C(OH)–C–C–N with tert-alkyl or cyclic N) is 1. The van der Waals surface area contributed by atoms with Crippen molar-refractivity contribution in [1.29, 1.82) is 0 Å². The molecular formula is C19H24FN5O2S. The summed E-state index contributed by atoms with van der Waals surface area (Å²) in [5.74, 6) is 0.512. The number of aliphatic hydroxyl groups excluding tert-OH is 1. The number of aryl methyl sites for hydroxylation is 1. The number of rotatable bonds is 6. The van der Waals surface area contributed by atoms with Gasteiger partial charge >= 0.3 is 0 Å². The van der Waals surface area contributed by atoms with Crippen LogP contribution < -0.4 is 0 Å². The van der Waals surface area contributed by atoms with Crippen LogP contribution in [0.15, 0.2) is 24.3 Å². The quantitative estimate of drug-likeness (QED) is 0.652. The topological polar surface area (TPSA) is 77.1 Å². The van der Waals surface area contributed by atoms with Crippen molar-refractivity contribution in [1.82, 2.24) is 24.4 Å². The van der Waals surface area contributed by atoms with Gasteiger partial charge in [0.1, 0.15) is 5.82 Å². The number of hydrogen-bond acceptors (Lipinski definition) is 7. The summed E-state index contributed by atoms with van der Waals surface area (Å²) in [7, 11) is 0. The first-order valence-electron chi connectivity index (χ1n) is 9.50. The van der Waals surface area contributed by atoms with Gasteiger partial charge in [0, 0.05) is 39.1 Å². The number of benzene rings is 1. The summed E-state index contributed by atoms with van der Waals surface area (Å²) >= 11 is 1.42. The van der Waals surface area contributed by atoms with Crippen molar-refractivity contribution in [3.8, 4) is 5.88 Å². The molecule has 1 aromatic carbocycles. The molecule has 0 spiro atoms. The fourth-order valence-electron chi connectivity index (χ4n) is 3.68. The Bertz CT molecular complexity index is 934. The van der Waals surface area contributed by atoms with Crippen molar-refractivity contribution in [2.45, 2.75) is 19.4 Å². The zero-order valence-corrected chi connectivity index (χ0v) is 16.6. The van der Waals surface area contributed by atoms with Crippen molar-refractivity contribution < 1.29 is 14.6 Å². The molecule has 0 aliphatic carbocycles. The summed E-state index contributed by atoms with van der Waals surface area (Å²) in [6.45, 7) is 6.03. The number of nitrogens with zero attached hydrogens (tertiary/aromatic N) is 5. The molecular weight excluding hydrogens is 381 g/mol. The van der Waals surface area contributed by atoms with Gasteiger partial charge in [-0.25, -0.2) is 9.37 Å². The minimum absolute atomic E-state index is 0.0966. The van der Waals surface area contributed by atoms with Crippen LogP contribution >= 0.6 is 11.3 Å². The van der Waals surface area contributed by atoms with Gasteiger partial charge in [0.25, 0.3) is 0 Å². The van der Waals surface area contributed by atoms with Gasteiger partial charge in [-0.1, -0.05) is 30.4 Å². The SMILES string of the molecule is CCc1nc2sc([C@@H](c3ccc(F)cc3)N3CCN(CCO)CC3)c(O)n2n1. The van der Waals surface area contributed by atoms with E-state index in [1.54, 1.807) is 12.1 Å². The number of halogens is 1. The van der Waals surface area contributed by atoms with Crippen molar-refractivity contribution in [3.63, 3.8) is 0 Å². The molecule has 0 saturated carbocycles. The molecule has 3 heterocycles. The van der Waals surface area contributed by atoms with E-state index in [0.717, 1.165) is 36.6 Å². The zero-order valence-electron chi connectivity index (χ0n) is 15.8. The normalized spacial score (nSPS) is 17.4. The standard InChI is InChI=1S/C19H24FN5O2S/c1-2-15-21-19-25(22-15)18(27)17(28-19)16(13-3-5-14(20)6-4-13)24-9-7-23(8-10-24)11-12-26/h3-6,16,26-27H,2,7-12H2,1H3/t16-/m1/s1. The molecule has 0 radical (unpaired) electrons. The molecule has 3 aromatic rings. The number of fused-ring (bicyclic) bond motifs is 1. The van der Waals surface area contributed by atoms with E-state index in [2.05, 4.69) is 19.9 Å². The summed E-state index contributed by atoms with van der Waals surface area (Å²) in [6.07, 6.45) is 0.706. The molecule has 2 aromatic heterocycles. The summed E-state index contributed by atoms with van der Waals surface area (Å²) < 4.78 is 15.0. The Kier molecular flexibility index (Phi) is 5.58. The van der Waals surface area contributed by atoms with Crippen LogP contribution in [-0.4, -0.2) is 73.9 Å². The monoisotopic (exact) mass is 405 g/mol. The molecule has 1 fully saturated rings. The van der Waals surface area contributed by atoms with Crippen molar-refractivity contribution >= 4 is 16.3 Å². The highest BCUT2D eigenvalue weighted by molar-refractivity contribution is 7.17. The molecule has 0 unspecified atom stereocenters. The molecule has 0 amide bonds. The maximum atomic E-state index is 13.5. The smallest absolute Gasteiger partial charge is 0.230 e. The van der Waals surface area contributed by atoms with E-state index in [1.807, 2.05) is 6.92 Å². The van der Waals surface area contributed by atoms with Gasteiger partial charge in [0.05, 0.1) is 17.5 Å². The minimum atomic E-state index is -0.283. The molecule has 1 aliphatic heterocycles. The Morgan fingerprint density at radius 3 is 2.50 bits per heavy atom. The second-order valence-electron chi connectivity index (χ2n) is 6.92. The molecule has 2 N–H and O–H groups in total. The molecule has 150 valence electrons. The maximum absolute atomic E-state index is 13.5. The van der Waals surface area contributed by atoms with E-state index in [1.165, 1.54) is 28.0 Å². The van der Waals surface area contributed by atoms with Crippen LogP contribution in [0.25, 0.3) is 4.96 Å². The van der Waals surface area contributed by atoms with Gasteiger partial charge in [-0.15, -0.1) is 5.10 Å². The largest absolute Gasteiger partial charge is 0.492 e. The molecule has 1 atom stereocenters. The molecule has 28 heavy (non-hydrogen) atoms. The highest BCUT2D eigenvalue weighted by Gasteiger charge is 2.31. The van der Waals surface area contributed by atoms with E-state index in [0.29, 0.717) is 23.8 Å². The van der Waals surface area contributed by atoms with Crippen LogP contribution in [0.4, 0.5) is 4.39 Å². The van der Waals surface area contributed by atoms with E-state index in [-0.39, 0.29) is 24.3 Å². The number of aliphatic hydroxyl groups is 1. The predicted octanol–water partition coefficient (Wildman–Crippen LogP) is 1.90. The van der Waals surface area contributed by atoms with Crippen LogP contribution in [-0.2, 0) is 6.42 Å². The fourth-order valence-corrected chi connectivity index (χ4v) is 4.81. The Morgan fingerprint density at radius 1 is 1.18 bits per heavy atom. The first-order chi connectivity index (χ1) is 13.6. The average molecular weight is 405 g/mol. The van der Waals surface area contributed by atoms with Crippen LogP contribution in [0.3, 0.4) is 0 Å². The van der Waals surface area contributed by atoms with E-state index < -0.39 is 0 Å². The third-order valence-electron chi connectivity index (χ3n) is 5.18. The van der Waals surface area contributed by atoms with Gasteiger partial charge in [-0.3, -0.25) is 9.80 Å². The van der Waals surface area contributed by atoms with Crippen LogP contribution in [0.1, 0.15) is 29.2 Å². The summed E-state index contributed by atoms with van der Waals surface area (Å²) in [5, 5.41) is 24.4. The van der Waals surface area contributed by atoms with Gasteiger partial charge in [-0.2, -0.15) is 4.52 Å². The van der Waals surface area contributed by atoms with Crippen molar-refractivity contribution in [2.24, 2.45) is 0 Å². The average Bonchev–Trinajstić information content (AvgIpc) is 3.24. The first-order valence-corrected chi connectivity index (χ1v) is 10.3. The maximum Gasteiger partial charge on any atom is 0.230 e. The van der Waals surface area contributed by atoms with Gasteiger partial charge in [0.15, 0.2) is 5.82 Å². The highest BCUT2D eigenvalue weighted by atomic mass is 32.1. The Hall–Kier alpha value is -2.07. The third-order valence-corrected chi connectivity index (χ3v) is 6.25. The van der Waals surface area contributed by atoms with Gasteiger partial charge < -0.3 is 10.2 Å². The Morgan fingerprint density at radius 2 is 1.89 bits per heavy atom. The second-order valence-corrected chi connectivity index (χ2v) is 7.93. The molecule has 1 aliphatic rings. The second kappa shape index (κ2) is 8.12. The lowest BCUT2D eigenvalue weighted by Gasteiger charge is -2.39.